The fourth-order valence-corrected chi connectivity index (χ4v) is 3.28. The molecule has 2 aromatic carbocycles. The lowest BCUT2D eigenvalue weighted by atomic mass is 10.1. The van der Waals surface area contributed by atoms with E-state index in [2.05, 4.69) is 4.90 Å². The number of anilines is 1. The molecule has 1 saturated heterocycles. The van der Waals surface area contributed by atoms with Gasteiger partial charge >= 0.3 is 5.97 Å². The number of likely N-dealkylation sites (N-methyl/N-ethyl adjacent to an activating group) is 1. The topological polar surface area (TPSA) is 107 Å². The van der Waals surface area contributed by atoms with E-state index >= 15 is 0 Å². The summed E-state index contributed by atoms with van der Waals surface area (Å²) in [7, 11) is 1.80. The Morgan fingerprint density at radius 2 is 1.76 bits per heavy atom. The Balaban J connectivity index is 1.63. The van der Waals surface area contributed by atoms with Gasteiger partial charge in [0.25, 0.3) is 0 Å². The molecule has 0 bridgehead atoms. The molecule has 0 saturated carbocycles. The second-order valence-electron chi connectivity index (χ2n) is 7.24. The summed E-state index contributed by atoms with van der Waals surface area (Å²) in [5, 5.41) is 15.9. The van der Waals surface area contributed by atoms with Crippen molar-refractivity contribution in [2.45, 2.75) is 25.8 Å². The van der Waals surface area contributed by atoms with Crippen molar-refractivity contribution in [2.75, 3.05) is 25.0 Å². The van der Waals surface area contributed by atoms with Crippen molar-refractivity contribution in [3.8, 4) is 5.75 Å². The smallest absolute Gasteiger partial charge is 0.333 e. The molecular formula is C22H27N5O2. The third kappa shape index (κ3) is 4.74. The Kier molecular flexibility index (Phi) is 6.16. The summed E-state index contributed by atoms with van der Waals surface area (Å²) in [5.41, 5.74) is 7.74. The lowest BCUT2D eigenvalue weighted by Crippen LogP contribution is -2.38. The van der Waals surface area contributed by atoms with Crippen molar-refractivity contribution in [3.63, 3.8) is 0 Å². The van der Waals surface area contributed by atoms with Crippen LogP contribution in [0.1, 0.15) is 30.9 Å². The highest BCUT2D eigenvalue weighted by atomic mass is 16.5. The number of nitrogen functional groups attached to an aromatic ring is 1. The predicted molar refractivity (Wildman–Crippen MR) is 115 cm³/mol. The number of nitrogens with two attached hydrogens (primary N) is 1. The molecule has 4 N–H and O–H groups in total. The third-order valence-electron chi connectivity index (χ3n) is 5.25. The van der Waals surface area contributed by atoms with Gasteiger partial charge in [0.2, 0.25) is 0 Å². The zero-order valence-corrected chi connectivity index (χ0v) is 16.8. The van der Waals surface area contributed by atoms with E-state index in [1.807, 2.05) is 18.2 Å². The van der Waals surface area contributed by atoms with Crippen molar-refractivity contribution in [2.24, 2.45) is 5.73 Å². The van der Waals surface area contributed by atoms with Gasteiger partial charge in [-0.25, -0.2) is 4.79 Å². The van der Waals surface area contributed by atoms with Crippen LogP contribution in [0.15, 0.2) is 48.5 Å². The fraction of sp³-hybridized carbons (Fsp3) is 0.318. The molecule has 0 unspecified atom stereocenters. The fourth-order valence-electron chi connectivity index (χ4n) is 3.28. The molecule has 0 aromatic heterocycles. The second kappa shape index (κ2) is 8.77. The molecule has 1 heterocycles. The zero-order chi connectivity index (χ0) is 21.0. The number of esters is 1. The Labute approximate surface area is 171 Å². The van der Waals surface area contributed by atoms with Gasteiger partial charge in [0.05, 0.1) is 0 Å². The molecular weight excluding hydrogens is 366 g/mol. The number of amidine groups is 2. The van der Waals surface area contributed by atoms with Gasteiger partial charge in [-0.05, 0) is 56.2 Å². The number of nitrogens with one attached hydrogen (secondary N) is 2. The minimum Gasteiger partial charge on any atom is -0.425 e. The molecule has 3 rings (SSSR count). The number of hydrogen-bond donors (Lipinski definition) is 3. The lowest BCUT2D eigenvalue weighted by Gasteiger charge is -2.25. The first kappa shape index (κ1) is 20.4. The van der Waals surface area contributed by atoms with Gasteiger partial charge in [0.15, 0.2) is 0 Å². The second-order valence-corrected chi connectivity index (χ2v) is 7.24. The number of nitrogens with zero attached hydrogens (tertiary/aromatic N) is 2. The average molecular weight is 393 g/mol. The summed E-state index contributed by atoms with van der Waals surface area (Å²) in [6.45, 7) is 3.61. The molecule has 1 aliphatic heterocycles. The van der Waals surface area contributed by atoms with E-state index in [1.165, 1.54) is 0 Å². The molecule has 1 fully saturated rings. The Morgan fingerprint density at radius 3 is 2.38 bits per heavy atom. The number of carbonyl (C=O) groups is 1. The van der Waals surface area contributed by atoms with Crippen LogP contribution in [-0.4, -0.2) is 48.7 Å². The molecule has 1 atom stereocenters. The molecule has 1 aliphatic rings. The maximum Gasteiger partial charge on any atom is 0.333 e. The first-order chi connectivity index (χ1) is 13.9. The summed E-state index contributed by atoms with van der Waals surface area (Å²) in [4.78, 5) is 16.4. The SMILES string of the molecule is C[C@@H](C(=O)Oc1ccc(C(=N)N2CCCC2)cc1)N(C)c1cccc(C(=N)N)c1. The molecule has 2 aromatic rings. The average Bonchev–Trinajstić information content (AvgIpc) is 3.27. The molecule has 0 radical (unpaired) electrons. The van der Waals surface area contributed by atoms with Crippen LogP contribution >= 0.6 is 0 Å². The highest BCUT2D eigenvalue weighted by molar-refractivity contribution is 5.97. The molecule has 7 nitrogen and oxygen atoms in total. The maximum atomic E-state index is 12.6. The van der Waals surface area contributed by atoms with E-state index < -0.39 is 6.04 Å². The van der Waals surface area contributed by atoms with Crippen LogP contribution in [0.4, 0.5) is 5.69 Å². The zero-order valence-electron chi connectivity index (χ0n) is 16.8. The Bertz CT molecular complexity index is 904. The lowest BCUT2D eigenvalue weighted by molar-refractivity contribution is -0.135. The number of rotatable bonds is 6. The van der Waals surface area contributed by atoms with E-state index in [9.17, 15) is 4.79 Å². The van der Waals surface area contributed by atoms with Crippen LogP contribution in [-0.2, 0) is 4.79 Å². The van der Waals surface area contributed by atoms with Crippen molar-refractivity contribution >= 4 is 23.3 Å². The van der Waals surface area contributed by atoms with Gasteiger partial charge in [-0.3, -0.25) is 10.8 Å². The monoisotopic (exact) mass is 393 g/mol. The van der Waals surface area contributed by atoms with Crippen LogP contribution in [0.25, 0.3) is 0 Å². The summed E-state index contributed by atoms with van der Waals surface area (Å²) < 4.78 is 5.53. The van der Waals surface area contributed by atoms with Gasteiger partial charge in [-0.15, -0.1) is 0 Å². The van der Waals surface area contributed by atoms with E-state index in [0.717, 1.165) is 37.2 Å². The van der Waals surface area contributed by atoms with Gasteiger partial charge < -0.3 is 20.3 Å². The molecule has 0 spiro atoms. The summed E-state index contributed by atoms with van der Waals surface area (Å²) in [6, 6.07) is 13.7. The molecule has 7 heteroatoms. The van der Waals surface area contributed by atoms with Gasteiger partial charge in [0.1, 0.15) is 23.5 Å². The van der Waals surface area contributed by atoms with E-state index in [1.54, 1.807) is 49.2 Å². The highest BCUT2D eigenvalue weighted by Gasteiger charge is 2.22. The standard InChI is InChI=1S/C22H27N5O2/c1-15(26(2)18-7-5-6-17(14-18)20(23)24)22(28)29-19-10-8-16(9-11-19)21(25)27-12-3-4-13-27/h5-11,14-15,25H,3-4,12-13H2,1-2H3,(H3,23,24)/t15-/m0/s1. The van der Waals surface area contributed by atoms with Crippen LogP contribution in [0.2, 0.25) is 0 Å². The van der Waals surface area contributed by atoms with Crippen LogP contribution in [0.5, 0.6) is 5.75 Å². The number of benzene rings is 2. The van der Waals surface area contributed by atoms with Crippen LogP contribution < -0.4 is 15.4 Å². The Morgan fingerprint density at radius 1 is 1.10 bits per heavy atom. The first-order valence-electron chi connectivity index (χ1n) is 9.69. The third-order valence-corrected chi connectivity index (χ3v) is 5.25. The van der Waals surface area contributed by atoms with Crippen molar-refractivity contribution in [3.05, 3.63) is 59.7 Å². The largest absolute Gasteiger partial charge is 0.425 e. The van der Waals surface area contributed by atoms with Gasteiger partial charge in [-0.1, -0.05) is 12.1 Å². The van der Waals surface area contributed by atoms with Crippen LogP contribution in [0, 0.1) is 10.8 Å². The van der Waals surface area contributed by atoms with Gasteiger partial charge in [-0.2, -0.15) is 0 Å². The van der Waals surface area contributed by atoms with Gasteiger partial charge in [0, 0.05) is 37.0 Å². The molecule has 0 amide bonds. The summed E-state index contributed by atoms with van der Waals surface area (Å²) in [5.74, 6) is 0.558. The minimum atomic E-state index is -0.528. The van der Waals surface area contributed by atoms with Crippen molar-refractivity contribution in [1.29, 1.82) is 10.8 Å². The first-order valence-corrected chi connectivity index (χ1v) is 9.69. The van der Waals surface area contributed by atoms with E-state index in [4.69, 9.17) is 21.3 Å². The quantitative estimate of drug-likeness (QED) is 0.303. The normalized spacial score (nSPS) is 14.3. The number of likely N-dealkylation sites (tertiary alicyclic amines) is 1. The number of carbonyl (C=O) groups excluding carboxylic acids is 1. The maximum absolute atomic E-state index is 12.6. The van der Waals surface area contributed by atoms with Crippen molar-refractivity contribution < 1.29 is 9.53 Å². The number of ether oxygens (including phenoxy) is 1. The predicted octanol–water partition coefficient (Wildman–Crippen LogP) is 2.82. The van der Waals surface area contributed by atoms with Crippen LogP contribution in [0.3, 0.4) is 0 Å². The van der Waals surface area contributed by atoms with E-state index in [-0.39, 0.29) is 11.8 Å². The summed E-state index contributed by atoms with van der Waals surface area (Å²) >= 11 is 0. The van der Waals surface area contributed by atoms with Crippen molar-refractivity contribution in [1.82, 2.24) is 4.90 Å². The minimum absolute atomic E-state index is 0.0185. The summed E-state index contributed by atoms with van der Waals surface area (Å²) in [6.07, 6.45) is 2.25. The number of hydrogen-bond acceptors (Lipinski definition) is 5. The molecule has 0 aliphatic carbocycles. The molecule has 152 valence electrons. The molecule has 29 heavy (non-hydrogen) atoms. The Hall–Kier alpha value is -3.35. The highest BCUT2D eigenvalue weighted by Crippen LogP contribution is 2.20. The van der Waals surface area contributed by atoms with E-state index in [0.29, 0.717) is 17.1 Å².